The van der Waals surface area contributed by atoms with E-state index in [2.05, 4.69) is 5.32 Å². The summed E-state index contributed by atoms with van der Waals surface area (Å²) >= 11 is 0. The highest BCUT2D eigenvalue weighted by atomic mass is 16.6. The van der Waals surface area contributed by atoms with Gasteiger partial charge in [0.15, 0.2) is 6.61 Å². The number of aryl methyl sites for hydroxylation is 1. The van der Waals surface area contributed by atoms with E-state index in [9.17, 15) is 24.5 Å². The van der Waals surface area contributed by atoms with Crippen LogP contribution in [0.1, 0.15) is 15.9 Å². The van der Waals surface area contributed by atoms with E-state index >= 15 is 0 Å². The van der Waals surface area contributed by atoms with Gasteiger partial charge in [0, 0.05) is 24.9 Å². The van der Waals surface area contributed by atoms with Crippen molar-refractivity contribution in [2.45, 2.75) is 6.92 Å². The Balaban J connectivity index is 1.92. The molecule has 2 rings (SSSR count). The van der Waals surface area contributed by atoms with Crippen LogP contribution >= 0.6 is 0 Å². The molecular formula is C20H21N3O7. The Bertz CT molecular complexity index is 975. The molecule has 30 heavy (non-hydrogen) atoms. The Hall–Kier alpha value is -3.95. The summed E-state index contributed by atoms with van der Waals surface area (Å²) in [5.74, 6) is -1.52. The molecule has 0 aromatic heterocycles. The van der Waals surface area contributed by atoms with Crippen molar-refractivity contribution in [3.05, 3.63) is 63.7 Å². The van der Waals surface area contributed by atoms with Gasteiger partial charge >= 0.3 is 5.97 Å². The maximum Gasteiger partial charge on any atom is 0.345 e. The van der Waals surface area contributed by atoms with Crippen LogP contribution < -0.4 is 10.1 Å². The molecular weight excluding hydrogens is 394 g/mol. The molecule has 0 fully saturated rings. The number of rotatable bonds is 8. The number of carbonyl (C=O) groups is 3. The van der Waals surface area contributed by atoms with Gasteiger partial charge in [-0.15, -0.1) is 0 Å². The SMILES string of the molecule is COc1cccc(NC(=O)CN(C)C(=O)COC(=O)c2c(C)cccc2[N+](=O)[O-])c1. The first kappa shape index (κ1) is 22.3. The minimum absolute atomic E-state index is 0.214. The second kappa shape index (κ2) is 10.0. The minimum Gasteiger partial charge on any atom is -0.497 e. The number of esters is 1. The van der Waals surface area contributed by atoms with Crippen LogP contribution in [0, 0.1) is 17.0 Å². The van der Waals surface area contributed by atoms with Crippen LogP contribution in [0.25, 0.3) is 0 Å². The molecule has 2 amide bonds. The third-order valence-corrected chi connectivity index (χ3v) is 4.14. The number of amides is 2. The van der Waals surface area contributed by atoms with Crippen LogP contribution in [-0.2, 0) is 14.3 Å². The fourth-order valence-corrected chi connectivity index (χ4v) is 2.58. The van der Waals surface area contributed by atoms with Gasteiger partial charge in [0.1, 0.15) is 11.3 Å². The van der Waals surface area contributed by atoms with Gasteiger partial charge < -0.3 is 19.7 Å². The highest BCUT2D eigenvalue weighted by Gasteiger charge is 2.24. The van der Waals surface area contributed by atoms with E-state index in [-0.39, 0.29) is 12.1 Å². The number of hydrogen-bond acceptors (Lipinski definition) is 7. The Morgan fingerprint density at radius 3 is 2.53 bits per heavy atom. The van der Waals surface area contributed by atoms with Crippen LogP contribution in [0.3, 0.4) is 0 Å². The van der Waals surface area contributed by atoms with Gasteiger partial charge in [-0.25, -0.2) is 4.79 Å². The largest absolute Gasteiger partial charge is 0.497 e. The molecule has 10 nitrogen and oxygen atoms in total. The van der Waals surface area contributed by atoms with Gasteiger partial charge in [0.2, 0.25) is 5.91 Å². The highest BCUT2D eigenvalue weighted by Crippen LogP contribution is 2.22. The molecule has 0 saturated carbocycles. The van der Waals surface area contributed by atoms with E-state index in [0.29, 0.717) is 17.0 Å². The van der Waals surface area contributed by atoms with Crippen molar-refractivity contribution in [2.75, 3.05) is 32.6 Å². The van der Waals surface area contributed by atoms with Crippen molar-refractivity contribution in [3.63, 3.8) is 0 Å². The minimum atomic E-state index is -0.984. The number of methoxy groups -OCH3 is 1. The molecule has 1 N–H and O–H groups in total. The Labute approximate surface area is 172 Å². The highest BCUT2D eigenvalue weighted by molar-refractivity contribution is 5.97. The Morgan fingerprint density at radius 2 is 1.87 bits per heavy atom. The number of nitrogens with one attached hydrogen (secondary N) is 1. The second-order valence-corrected chi connectivity index (χ2v) is 6.33. The number of likely N-dealkylation sites (N-methyl/N-ethyl adjacent to an activating group) is 1. The van der Waals surface area contributed by atoms with E-state index in [1.54, 1.807) is 24.3 Å². The van der Waals surface area contributed by atoms with E-state index in [4.69, 9.17) is 9.47 Å². The predicted molar refractivity (Wildman–Crippen MR) is 107 cm³/mol. The third-order valence-electron chi connectivity index (χ3n) is 4.14. The zero-order valence-corrected chi connectivity index (χ0v) is 16.7. The molecule has 0 heterocycles. The summed E-state index contributed by atoms with van der Waals surface area (Å²) in [6, 6.07) is 10.9. The molecule has 0 atom stereocenters. The monoisotopic (exact) mass is 415 g/mol. The zero-order valence-electron chi connectivity index (χ0n) is 16.7. The molecule has 0 saturated heterocycles. The fourth-order valence-electron chi connectivity index (χ4n) is 2.58. The van der Waals surface area contributed by atoms with Crippen molar-refractivity contribution in [2.24, 2.45) is 0 Å². The zero-order chi connectivity index (χ0) is 22.3. The lowest BCUT2D eigenvalue weighted by Crippen LogP contribution is -2.37. The quantitative estimate of drug-likeness (QED) is 0.397. The average Bonchev–Trinajstić information content (AvgIpc) is 2.71. The van der Waals surface area contributed by atoms with Crippen molar-refractivity contribution >= 4 is 29.2 Å². The molecule has 10 heteroatoms. The molecule has 0 aliphatic rings. The molecule has 0 radical (unpaired) electrons. The van der Waals surface area contributed by atoms with Crippen LogP contribution in [-0.4, -0.2) is 54.9 Å². The van der Waals surface area contributed by atoms with Gasteiger partial charge in [0.05, 0.1) is 18.6 Å². The van der Waals surface area contributed by atoms with Crippen molar-refractivity contribution in [3.8, 4) is 5.75 Å². The second-order valence-electron chi connectivity index (χ2n) is 6.33. The van der Waals surface area contributed by atoms with Crippen LogP contribution in [0.15, 0.2) is 42.5 Å². The maximum atomic E-state index is 12.3. The maximum absolute atomic E-state index is 12.3. The molecule has 0 unspecified atom stereocenters. The number of nitro benzene ring substituents is 1. The molecule has 158 valence electrons. The van der Waals surface area contributed by atoms with Crippen LogP contribution in [0.4, 0.5) is 11.4 Å². The summed E-state index contributed by atoms with van der Waals surface area (Å²) in [5.41, 5.74) is 0.235. The van der Waals surface area contributed by atoms with E-state index in [0.717, 1.165) is 4.90 Å². The molecule has 2 aromatic carbocycles. The number of anilines is 1. The molecule has 0 spiro atoms. The third kappa shape index (κ3) is 5.77. The average molecular weight is 415 g/mol. The first-order valence-corrected chi connectivity index (χ1v) is 8.82. The number of nitro groups is 1. The van der Waals surface area contributed by atoms with E-state index < -0.39 is 35.0 Å². The summed E-state index contributed by atoms with van der Waals surface area (Å²) in [7, 11) is 2.87. The smallest absolute Gasteiger partial charge is 0.345 e. The molecule has 0 bridgehead atoms. The topological polar surface area (TPSA) is 128 Å². The van der Waals surface area contributed by atoms with Gasteiger partial charge in [0.25, 0.3) is 11.6 Å². The summed E-state index contributed by atoms with van der Waals surface area (Å²) in [5, 5.41) is 13.7. The number of benzene rings is 2. The lowest BCUT2D eigenvalue weighted by Gasteiger charge is -2.17. The van der Waals surface area contributed by atoms with Gasteiger partial charge in [-0.3, -0.25) is 19.7 Å². The van der Waals surface area contributed by atoms with Gasteiger partial charge in [-0.05, 0) is 24.6 Å². The number of ether oxygens (including phenoxy) is 2. The number of carbonyl (C=O) groups excluding carboxylic acids is 3. The van der Waals surface area contributed by atoms with Crippen molar-refractivity contribution in [1.29, 1.82) is 0 Å². The standard InChI is InChI=1S/C20H21N3O7/c1-13-6-4-9-16(23(27)28)19(13)20(26)30-12-18(25)22(2)11-17(24)21-14-7-5-8-15(10-14)29-3/h4-10H,11-12H2,1-3H3,(H,21,24). The van der Waals surface area contributed by atoms with E-state index in [1.165, 1.54) is 39.3 Å². The van der Waals surface area contributed by atoms with E-state index in [1.807, 2.05) is 0 Å². The summed E-state index contributed by atoms with van der Waals surface area (Å²) in [4.78, 5) is 48.1. The van der Waals surface area contributed by atoms with Crippen molar-refractivity contribution < 1.29 is 28.8 Å². The van der Waals surface area contributed by atoms with Crippen LogP contribution in [0.5, 0.6) is 5.75 Å². The summed E-state index contributed by atoms with van der Waals surface area (Å²) in [6.07, 6.45) is 0. The number of hydrogen-bond donors (Lipinski definition) is 1. The lowest BCUT2D eigenvalue weighted by atomic mass is 10.1. The lowest BCUT2D eigenvalue weighted by molar-refractivity contribution is -0.385. The summed E-state index contributed by atoms with van der Waals surface area (Å²) < 4.78 is 10.0. The summed E-state index contributed by atoms with van der Waals surface area (Å²) in [6.45, 7) is 0.589. The van der Waals surface area contributed by atoms with Crippen LogP contribution in [0.2, 0.25) is 0 Å². The Morgan fingerprint density at radius 1 is 1.17 bits per heavy atom. The van der Waals surface area contributed by atoms with Crippen molar-refractivity contribution in [1.82, 2.24) is 4.90 Å². The molecule has 2 aromatic rings. The first-order valence-electron chi connectivity index (χ1n) is 8.82. The normalized spacial score (nSPS) is 10.1. The van der Waals surface area contributed by atoms with Gasteiger partial charge in [-0.1, -0.05) is 18.2 Å². The fraction of sp³-hybridized carbons (Fsp3) is 0.250. The molecule has 0 aliphatic carbocycles. The molecule has 0 aliphatic heterocycles. The van der Waals surface area contributed by atoms with Gasteiger partial charge in [-0.2, -0.15) is 0 Å². The number of nitrogens with zero attached hydrogens (tertiary/aromatic N) is 2. The Kier molecular flexibility index (Phi) is 7.45. The first-order chi connectivity index (χ1) is 14.2. The predicted octanol–water partition coefficient (Wildman–Crippen LogP) is 2.17.